The molecule has 3 nitrogen and oxygen atoms in total. The van der Waals surface area contributed by atoms with Crippen molar-refractivity contribution in [2.24, 2.45) is 0 Å². The Morgan fingerprint density at radius 2 is 2.05 bits per heavy atom. The van der Waals surface area contributed by atoms with E-state index in [4.69, 9.17) is 9.68 Å². The molecule has 1 aromatic heterocycles. The van der Waals surface area contributed by atoms with Crippen molar-refractivity contribution in [1.29, 1.82) is 5.26 Å². The number of nitrogens with one attached hydrogen (secondary N) is 1. The summed E-state index contributed by atoms with van der Waals surface area (Å²) in [6.07, 6.45) is 1.77. The molecule has 0 bridgehead atoms. The van der Waals surface area contributed by atoms with E-state index in [9.17, 15) is 0 Å². The van der Waals surface area contributed by atoms with E-state index in [1.165, 1.54) is 0 Å². The molecule has 1 N–H and O–H groups in total. The first-order valence-corrected chi connectivity index (χ1v) is 6.96. The van der Waals surface area contributed by atoms with Gasteiger partial charge in [-0.1, -0.05) is 18.2 Å². The SMILES string of the molecule is N#Cc1ccc(NCc2coc3ccccc23)c(Br)c1. The van der Waals surface area contributed by atoms with E-state index in [0.29, 0.717) is 12.1 Å². The minimum Gasteiger partial charge on any atom is -0.464 e. The van der Waals surface area contributed by atoms with Crippen molar-refractivity contribution in [3.8, 4) is 6.07 Å². The zero-order valence-corrected chi connectivity index (χ0v) is 12.1. The minimum atomic E-state index is 0.635. The Balaban J connectivity index is 1.81. The maximum absolute atomic E-state index is 8.85. The van der Waals surface area contributed by atoms with Crippen molar-refractivity contribution >= 4 is 32.6 Å². The van der Waals surface area contributed by atoms with Crippen LogP contribution < -0.4 is 5.32 Å². The van der Waals surface area contributed by atoms with Gasteiger partial charge in [-0.25, -0.2) is 0 Å². The minimum absolute atomic E-state index is 0.635. The summed E-state index contributed by atoms with van der Waals surface area (Å²) in [7, 11) is 0. The molecular weight excluding hydrogens is 316 g/mol. The van der Waals surface area contributed by atoms with E-state index in [1.807, 2.05) is 30.3 Å². The molecule has 0 spiro atoms. The zero-order valence-electron chi connectivity index (χ0n) is 10.6. The van der Waals surface area contributed by atoms with Crippen LogP contribution in [-0.4, -0.2) is 0 Å². The average Bonchev–Trinajstić information content (AvgIpc) is 2.89. The lowest BCUT2D eigenvalue weighted by molar-refractivity contribution is 0.611. The molecule has 0 amide bonds. The Morgan fingerprint density at radius 1 is 1.20 bits per heavy atom. The monoisotopic (exact) mass is 326 g/mol. The maximum Gasteiger partial charge on any atom is 0.134 e. The zero-order chi connectivity index (χ0) is 13.9. The fraction of sp³-hybridized carbons (Fsp3) is 0.0625. The summed E-state index contributed by atoms with van der Waals surface area (Å²) in [5.74, 6) is 0. The topological polar surface area (TPSA) is 49.0 Å². The van der Waals surface area contributed by atoms with E-state index in [0.717, 1.165) is 26.7 Å². The second kappa shape index (κ2) is 5.40. The Kier molecular flexibility index (Phi) is 3.44. The van der Waals surface area contributed by atoms with Crippen molar-refractivity contribution in [1.82, 2.24) is 0 Å². The first-order valence-electron chi connectivity index (χ1n) is 6.16. The first-order chi connectivity index (χ1) is 9.78. The highest BCUT2D eigenvalue weighted by Crippen LogP contribution is 2.26. The van der Waals surface area contributed by atoms with Gasteiger partial charge in [0.1, 0.15) is 5.58 Å². The fourth-order valence-electron chi connectivity index (χ4n) is 2.09. The third-order valence-corrected chi connectivity index (χ3v) is 3.78. The molecule has 0 unspecified atom stereocenters. The van der Waals surface area contributed by atoms with Gasteiger partial charge in [0.2, 0.25) is 0 Å². The number of nitrogens with zero attached hydrogens (tertiary/aromatic N) is 1. The summed E-state index contributed by atoms with van der Waals surface area (Å²) in [6, 6.07) is 15.6. The lowest BCUT2D eigenvalue weighted by atomic mass is 10.1. The fourth-order valence-corrected chi connectivity index (χ4v) is 2.61. The molecule has 0 radical (unpaired) electrons. The molecule has 0 fully saturated rings. The predicted molar refractivity (Wildman–Crippen MR) is 82.4 cm³/mol. The maximum atomic E-state index is 8.85. The van der Waals surface area contributed by atoms with E-state index >= 15 is 0 Å². The van der Waals surface area contributed by atoms with Gasteiger partial charge in [-0.05, 0) is 40.2 Å². The molecule has 2 aromatic carbocycles. The number of para-hydroxylation sites is 1. The van der Waals surface area contributed by atoms with Crippen LogP contribution in [0.1, 0.15) is 11.1 Å². The second-order valence-corrected chi connectivity index (χ2v) is 5.27. The quantitative estimate of drug-likeness (QED) is 0.760. The molecule has 0 saturated carbocycles. The third kappa shape index (κ3) is 2.40. The van der Waals surface area contributed by atoms with Crippen LogP contribution >= 0.6 is 15.9 Å². The van der Waals surface area contributed by atoms with Gasteiger partial charge < -0.3 is 9.73 Å². The molecule has 0 aliphatic rings. The smallest absolute Gasteiger partial charge is 0.134 e. The van der Waals surface area contributed by atoms with Crippen molar-refractivity contribution < 1.29 is 4.42 Å². The molecule has 98 valence electrons. The van der Waals surface area contributed by atoms with Gasteiger partial charge in [-0.15, -0.1) is 0 Å². The molecule has 0 aliphatic heterocycles. The van der Waals surface area contributed by atoms with E-state index < -0.39 is 0 Å². The number of rotatable bonds is 3. The van der Waals surface area contributed by atoms with E-state index in [2.05, 4.69) is 27.3 Å². The lowest BCUT2D eigenvalue weighted by Gasteiger charge is -2.07. The van der Waals surface area contributed by atoms with Crippen molar-refractivity contribution in [3.05, 3.63) is 64.3 Å². The van der Waals surface area contributed by atoms with Gasteiger partial charge in [-0.2, -0.15) is 5.26 Å². The molecule has 3 rings (SSSR count). The number of hydrogen-bond acceptors (Lipinski definition) is 3. The van der Waals surface area contributed by atoms with Crippen LogP contribution in [0.3, 0.4) is 0 Å². The number of hydrogen-bond donors (Lipinski definition) is 1. The average molecular weight is 327 g/mol. The van der Waals surface area contributed by atoms with Gasteiger partial charge in [0.05, 0.1) is 17.9 Å². The van der Waals surface area contributed by atoms with Crippen LogP contribution in [0, 0.1) is 11.3 Å². The summed E-state index contributed by atoms with van der Waals surface area (Å²) < 4.78 is 6.39. The highest BCUT2D eigenvalue weighted by molar-refractivity contribution is 9.10. The number of fused-ring (bicyclic) bond motifs is 1. The van der Waals surface area contributed by atoms with Crippen molar-refractivity contribution in [2.75, 3.05) is 5.32 Å². The molecule has 3 aromatic rings. The molecule has 4 heteroatoms. The van der Waals surface area contributed by atoms with Crippen LogP contribution in [0.4, 0.5) is 5.69 Å². The summed E-state index contributed by atoms with van der Waals surface area (Å²) in [6.45, 7) is 0.668. The van der Waals surface area contributed by atoms with Crippen molar-refractivity contribution in [2.45, 2.75) is 6.54 Å². The molecule has 0 aliphatic carbocycles. The Hall–Kier alpha value is -2.25. The summed E-state index contributed by atoms with van der Waals surface area (Å²) >= 11 is 3.46. The molecule has 0 saturated heterocycles. The number of benzene rings is 2. The number of nitriles is 1. The summed E-state index contributed by atoms with van der Waals surface area (Å²) in [5.41, 5.74) is 3.59. The van der Waals surface area contributed by atoms with Crippen LogP contribution in [0.25, 0.3) is 11.0 Å². The first kappa shape index (κ1) is 12.8. The van der Waals surface area contributed by atoms with Crippen LogP contribution in [0.2, 0.25) is 0 Å². The van der Waals surface area contributed by atoms with Crippen LogP contribution in [0.15, 0.2) is 57.6 Å². The molecule has 1 heterocycles. The Labute approximate surface area is 125 Å². The van der Waals surface area contributed by atoms with Gasteiger partial charge in [-0.3, -0.25) is 0 Å². The standard InChI is InChI=1S/C16H11BrN2O/c17-14-7-11(8-18)5-6-15(14)19-9-12-10-20-16-4-2-1-3-13(12)16/h1-7,10,19H,9H2. The van der Waals surface area contributed by atoms with Gasteiger partial charge in [0.25, 0.3) is 0 Å². The van der Waals surface area contributed by atoms with E-state index in [-0.39, 0.29) is 0 Å². The van der Waals surface area contributed by atoms with Gasteiger partial charge in [0.15, 0.2) is 0 Å². The summed E-state index contributed by atoms with van der Waals surface area (Å²) in [4.78, 5) is 0. The van der Waals surface area contributed by atoms with Crippen LogP contribution in [-0.2, 0) is 6.54 Å². The highest BCUT2D eigenvalue weighted by Gasteiger charge is 2.06. The number of anilines is 1. The number of furan rings is 1. The van der Waals surface area contributed by atoms with E-state index in [1.54, 1.807) is 18.4 Å². The number of halogens is 1. The third-order valence-electron chi connectivity index (χ3n) is 3.13. The van der Waals surface area contributed by atoms with Gasteiger partial charge in [0, 0.05) is 27.7 Å². The van der Waals surface area contributed by atoms with Crippen LogP contribution in [0.5, 0.6) is 0 Å². The molecule has 0 atom stereocenters. The summed E-state index contributed by atoms with van der Waals surface area (Å²) in [5, 5.41) is 13.3. The second-order valence-electron chi connectivity index (χ2n) is 4.42. The predicted octanol–water partition coefficient (Wildman–Crippen LogP) is 4.68. The molecule has 20 heavy (non-hydrogen) atoms. The van der Waals surface area contributed by atoms with Gasteiger partial charge >= 0.3 is 0 Å². The van der Waals surface area contributed by atoms with Crippen molar-refractivity contribution in [3.63, 3.8) is 0 Å². The molecular formula is C16H11BrN2O. The highest BCUT2D eigenvalue weighted by atomic mass is 79.9. The lowest BCUT2D eigenvalue weighted by Crippen LogP contribution is -1.99. The normalized spacial score (nSPS) is 10.4. The Morgan fingerprint density at radius 3 is 2.85 bits per heavy atom. The Bertz CT molecular complexity index is 802. The largest absolute Gasteiger partial charge is 0.464 e.